The van der Waals surface area contributed by atoms with Crippen molar-refractivity contribution in [2.45, 2.75) is 20.3 Å². The molecule has 3 nitrogen and oxygen atoms in total. The maximum atomic E-state index is 11.3. The first-order chi connectivity index (χ1) is 7.04. The van der Waals surface area contributed by atoms with Gasteiger partial charge < -0.3 is 9.84 Å². The third-order valence-electron chi connectivity index (χ3n) is 1.98. The fourth-order valence-electron chi connectivity index (χ4n) is 1.13. The minimum absolute atomic E-state index is 0.168. The van der Waals surface area contributed by atoms with Crippen molar-refractivity contribution >= 4 is 5.97 Å². The highest BCUT2D eigenvalue weighted by molar-refractivity contribution is 5.88. The van der Waals surface area contributed by atoms with Crippen LogP contribution in [0.4, 0.5) is 0 Å². The quantitative estimate of drug-likeness (QED) is 0.469. The summed E-state index contributed by atoms with van der Waals surface area (Å²) in [4.78, 5) is 11.3. The Bertz CT molecular complexity index is 394. The number of phenolic OH excluding ortho intramolecular Hbond substituents is 1. The van der Waals surface area contributed by atoms with Gasteiger partial charge in [0.2, 0.25) is 0 Å². The number of ether oxygens (including phenoxy) is 1. The number of hydrogen-bond acceptors (Lipinski definition) is 3. The van der Waals surface area contributed by atoms with Gasteiger partial charge in [0.1, 0.15) is 11.5 Å². The van der Waals surface area contributed by atoms with Crippen molar-refractivity contribution in [3.05, 3.63) is 35.9 Å². The summed E-state index contributed by atoms with van der Waals surface area (Å²) in [6, 6.07) is 4.65. The standard InChI is InChI=1S/C12H14O3/c1-4-9-7-10(13)5-6-11(9)15-12(14)8(2)3/h5-7,13H,2,4H2,1,3H3. The minimum Gasteiger partial charge on any atom is -0.508 e. The van der Waals surface area contributed by atoms with Crippen LogP contribution >= 0.6 is 0 Å². The molecule has 0 atom stereocenters. The summed E-state index contributed by atoms with van der Waals surface area (Å²) >= 11 is 0. The van der Waals surface area contributed by atoms with Crippen molar-refractivity contribution in [1.82, 2.24) is 0 Å². The highest BCUT2D eigenvalue weighted by atomic mass is 16.5. The molecule has 0 radical (unpaired) electrons. The van der Waals surface area contributed by atoms with Gasteiger partial charge in [-0.15, -0.1) is 0 Å². The van der Waals surface area contributed by atoms with Crippen LogP contribution in [-0.2, 0) is 11.2 Å². The van der Waals surface area contributed by atoms with Crippen molar-refractivity contribution in [3.8, 4) is 11.5 Å². The van der Waals surface area contributed by atoms with Crippen LogP contribution in [0.25, 0.3) is 0 Å². The SMILES string of the molecule is C=C(C)C(=O)Oc1ccc(O)cc1CC. The first-order valence-corrected chi connectivity index (χ1v) is 4.74. The molecule has 0 heterocycles. The second-order valence-corrected chi connectivity index (χ2v) is 3.32. The Morgan fingerprint density at radius 1 is 1.53 bits per heavy atom. The van der Waals surface area contributed by atoms with Gasteiger partial charge in [-0.25, -0.2) is 4.79 Å². The lowest BCUT2D eigenvalue weighted by Gasteiger charge is -2.08. The van der Waals surface area contributed by atoms with Crippen molar-refractivity contribution in [2.24, 2.45) is 0 Å². The lowest BCUT2D eigenvalue weighted by molar-refractivity contribution is -0.130. The predicted molar refractivity (Wildman–Crippen MR) is 57.9 cm³/mol. The Morgan fingerprint density at radius 2 is 2.20 bits per heavy atom. The number of aromatic hydroxyl groups is 1. The van der Waals surface area contributed by atoms with Gasteiger partial charge in [-0.3, -0.25) is 0 Å². The highest BCUT2D eigenvalue weighted by Crippen LogP contribution is 2.24. The predicted octanol–water partition coefficient (Wildman–Crippen LogP) is 2.44. The van der Waals surface area contributed by atoms with Gasteiger partial charge in [0, 0.05) is 5.57 Å². The number of carbonyl (C=O) groups excluding carboxylic acids is 1. The average molecular weight is 206 g/mol. The largest absolute Gasteiger partial charge is 0.508 e. The van der Waals surface area contributed by atoms with E-state index in [0.29, 0.717) is 17.7 Å². The molecule has 15 heavy (non-hydrogen) atoms. The van der Waals surface area contributed by atoms with E-state index in [0.717, 1.165) is 5.56 Å². The van der Waals surface area contributed by atoms with Gasteiger partial charge in [0.15, 0.2) is 0 Å². The fraction of sp³-hybridized carbons (Fsp3) is 0.250. The molecule has 0 amide bonds. The van der Waals surface area contributed by atoms with Gasteiger partial charge in [-0.1, -0.05) is 13.5 Å². The number of hydrogen-bond donors (Lipinski definition) is 1. The molecular formula is C12H14O3. The van der Waals surface area contributed by atoms with Gasteiger partial charge in [0.25, 0.3) is 0 Å². The van der Waals surface area contributed by atoms with E-state index in [1.165, 1.54) is 6.07 Å². The molecule has 0 bridgehead atoms. The third-order valence-corrected chi connectivity index (χ3v) is 1.98. The van der Waals surface area contributed by atoms with Crippen molar-refractivity contribution < 1.29 is 14.6 Å². The molecular weight excluding hydrogens is 192 g/mol. The molecule has 80 valence electrons. The van der Waals surface area contributed by atoms with Crippen LogP contribution in [0.15, 0.2) is 30.4 Å². The van der Waals surface area contributed by atoms with Gasteiger partial charge in [0.05, 0.1) is 0 Å². The van der Waals surface area contributed by atoms with E-state index in [4.69, 9.17) is 4.74 Å². The van der Waals surface area contributed by atoms with Crippen LogP contribution in [0.2, 0.25) is 0 Å². The molecule has 1 rings (SSSR count). The van der Waals surface area contributed by atoms with Crippen LogP contribution in [-0.4, -0.2) is 11.1 Å². The van der Waals surface area contributed by atoms with Crippen LogP contribution in [0.1, 0.15) is 19.4 Å². The molecule has 3 heteroatoms. The summed E-state index contributed by atoms with van der Waals surface area (Å²) in [6.45, 7) is 7.02. The summed E-state index contributed by atoms with van der Waals surface area (Å²) in [7, 11) is 0. The molecule has 0 aromatic heterocycles. The molecule has 1 N–H and O–H groups in total. The van der Waals surface area contributed by atoms with E-state index in [9.17, 15) is 9.90 Å². The number of esters is 1. The van der Waals surface area contributed by atoms with E-state index in [2.05, 4.69) is 6.58 Å². The van der Waals surface area contributed by atoms with Crippen LogP contribution in [0.5, 0.6) is 11.5 Å². The fourth-order valence-corrected chi connectivity index (χ4v) is 1.13. The number of benzene rings is 1. The number of rotatable bonds is 3. The van der Waals surface area contributed by atoms with Crippen molar-refractivity contribution in [2.75, 3.05) is 0 Å². The first kappa shape index (κ1) is 11.3. The summed E-state index contributed by atoms with van der Waals surface area (Å²) in [5, 5.41) is 9.25. The average Bonchev–Trinajstić information content (AvgIpc) is 2.20. The molecule has 0 saturated heterocycles. The number of phenols is 1. The van der Waals surface area contributed by atoms with Gasteiger partial charge in [-0.2, -0.15) is 0 Å². The van der Waals surface area contributed by atoms with E-state index < -0.39 is 5.97 Å². The second-order valence-electron chi connectivity index (χ2n) is 3.32. The Kier molecular flexibility index (Phi) is 3.50. The summed E-state index contributed by atoms with van der Waals surface area (Å²) in [5.41, 5.74) is 1.15. The molecule has 1 aromatic rings. The number of carbonyl (C=O) groups is 1. The summed E-state index contributed by atoms with van der Waals surface area (Å²) in [6.07, 6.45) is 0.688. The molecule has 0 unspecified atom stereocenters. The Labute approximate surface area is 89.0 Å². The lowest BCUT2D eigenvalue weighted by Crippen LogP contribution is -2.09. The molecule has 0 aliphatic heterocycles. The Morgan fingerprint density at radius 3 is 2.73 bits per heavy atom. The second kappa shape index (κ2) is 4.64. The monoisotopic (exact) mass is 206 g/mol. The van der Waals surface area contributed by atoms with Gasteiger partial charge >= 0.3 is 5.97 Å². The highest BCUT2D eigenvalue weighted by Gasteiger charge is 2.09. The normalized spacial score (nSPS) is 9.73. The zero-order valence-electron chi connectivity index (χ0n) is 8.91. The van der Waals surface area contributed by atoms with Crippen molar-refractivity contribution in [3.63, 3.8) is 0 Å². The van der Waals surface area contributed by atoms with E-state index >= 15 is 0 Å². The molecule has 0 saturated carbocycles. The van der Waals surface area contributed by atoms with Crippen molar-refractivity contribution in [1.29, 1.82) is 0 Å². The summed E-state index contributed by atoms with van der Waals surface area (Å²) < 4.78 is 5.10. The Hall–Kier alpha value is -1.77. The molecule has 0 aliphatic rings. The lowest BCUT2D eigenvalue weighted by atomic mass is 10.1. The van der Waals surface area contributed by atoms with Crippen LogP contribution < -0.4 is 4.74 Å². The molecule has 0 spiro atoms. The van der Waals surface area contributed by atoms with Gasteiger partial charge in [-0.05, 0) is 37.1 Å². The topological polar surface area (TPSA) is 46.5 Å². The maximum Gasteiger partial charge on any atom is 0.338 e. The van der Waals surface area contributed by atoms with Crippen LogP contribution in [0.3, 0.4) is 0 Å². The molecule has 0 aliphatic carbocycles. The zero-order chi connectivity index (χ0) is 11.4. The maximum absolute atomic E-state index is 11.3. The number of aryl methyl sites for hydroxylation is 1. The zero-order valence-corrected chi connectivity index (χ0v) is 8.91. The summed E-state index contributed by atoms with van der Waals surface area (Å²) in [5.74, 6) is 0.195. The Balaban J connectivity index is 2.94. The minimum atomic E-state index is -0.449. The van der Waals surface area contributed by atoms with E-state index in [-0.39, 0.29) is 5.75 Å². The van der Waals surface area contributed by atoms with E-state index in [1.54, 1.807) is 19.1 Å². The van der Waals surface area contributed by atoms with Crippen LogP contribution in [0, 0.1) is 0 Å². The molecule has 0 fully saturated rings. The first-order valence-electron chi connectivity index (χ1n) is 4.74. The smallest absolute Gasteiger partial charge is 0.338 e. The molecule has 1 aromatic carbocycles. The third kappa shape index (κ3) is 2.84. The van der Waals surface area contributed by atoms with E-state index in [1.807, 2.05) is 6.92 Å².